The van der Waals surface area contributed by atoms with Crippen LogP contribution < -0.4 is 5.43 Å². The fraction of sp³-hybridized carbons (Fsp3) is 0. The summed E-state index contributed by atoms with van der Waals surface area (Å²) < 4.78 is 2.56. The van der Waals surface area contributed by atoms with Crippen molar-refractivity contribution in [2.45, 2.75) is 0 Å². The molecule has 0 saturated carbocycles. The van der Waals surface area contributed by atoms with Gasteiger partial charge in [-0.3, -0.25) is 10.2 Å². The fourth-order valence-corrected chi connectivity index (χ4v) is 2.50. The van der Waals surface area contributed by atoms with E-state index in [1.165, 1.54) is 0 Å². The molecule has 19 heavy (non-hydrogen) atoms. The number of benzene rings is 2. The Morgan fingerprint density at radius 3 is 2.68 bits per heavy atom. The van der Waals surface area contributed by atoms with Gasteiger partial charge in [0.25, 0.3) is 5.91 Å². The van der Waals surface area contributed by atoms with E-state index in [1.54, 1.807) is 17.1 Å². The van der Waals surface area contributed by atoms with Gasteiger partial charge in [0, 0.05) is 3.57 Å². The highest BCUT2D eigenvalue weighted by atomic mass is 127. The maximum atomic E-state index is 12.2. The maximum Gasteiger partial charge on any atom is 0.271 e. The number of hydrogen-bond acceptors (Lipinski definition) is 2. The van der Waals surface area contributed by atoms with Crippen LogP contribution in [0.15, 0.2) is 54.9 Å². The Balaban J connectivity index is 1.94. The average Bonchev–Trinajstić information content (AvgIpc) is 2.83. The number of amides is 1. The highest BCUT2D eigenvalue weighted by Crippen LogP contribution is 2.13. The van der Waals surface area contributed by atoms with E-state index < -0.39 is 0 Å². The Morgan fingerprint density at radius 2 is 1.84 bits per heavy atom. The molecule has 3 rings (SSSR count). The highest BCUT2D eigenvalue weighted by molar-refractivity contribution is 14.1. The summed E-state index contributed by atoms with van der Waals surface area (Å²) in [6.45, 7) is 0. The summed E-state index contributed by atoms with van der Waals surface area (Å²) in [5.74, 6) is -0.145. The Hall–Kier alpha value is -1.89. The van der Waals surface area contributed by atoms with Gasteiger partial charge in [-0.1, -0.05) is 24.3 Å². The Kier molecular flexibility index (Phi) is 3.20. The van der Waals surface area contributed by atoms with Crippen molar-refractivity contribution in [3.63, 3.8) is 0 Å². The van der Waals surface area contributed by atoms with E-state index in [0.29, 0.717) is 5.56 Å². The zero-order valence-corrected chi connectivity index (χ0v) is 12.0. The van der Waals surface area contributed by atoms with Crippen molar-refractivity contribution in [3.05, 3.63) is 64.0 Å². The van der Waals surface area contributed by atoms with E-state index in [1.807, 2.05) is 42.5 Å². The second kappa shape index (κ2) is 5.00. The lowest BCUT2D eigenvalue weighted by Gasteiger charge is -2.08. The summed E-state index contributed by atoms with van der Waals surface area (Å²) in [4.78, 5) is 16.4. The molecule has 1 amide bonds. The monoisotopic (exact) mass is 363 g/mol. The zero-order chi connectivity index (χ0) is 13.2. The van der Waals surface area contributed by atoms with Crippen LogP contribution in [0.4, 0.5) is 0 Å². The summed E-state index contributed by atoms with van der Waals surface area (Å²) in [6, 6.07) is 15.1. The number of nitrogens with one attached hydrogen (secondary N) is 1. The molecule has 0 atom stereocenters. The topological polar surface area (TPSA) is 46.9 Å². The molecule has 0 unspecified atom stereocenters. The number of imidazole rings is 1. The van der Waals surface area contributed by atoms with Crippen molar-refractivity contribution in [1.29, 1.82) is 0 Å². The van der Waals surface area contributed by atoms with Crippen molar-refractivity contribution in [2.24, 2.45) is 0 Å². The van der Waals surface area contributed by atoms with Crippen molar-refractivity contribution < 1.29 is 4.79 Å². The first-order valence-corrected chi connectivity index (χ1v) is 6.81. The second-order valence-corrected chi connectivity index (χ2v) is 5.19. The lowest BCUT2D eigenvalue weighted by atomic mass is 10.2. The van der Waals surface area contributed by atoms with Crippen LogP contribution in [-0.4, -0.2) is 15.6 Å². The number of halogens is 1. The molecule has 0 radical (unpaired) electrons. The maximum absolute atomic E-state index is 12.2. The third-order valence-corrected chi connectivity index (χ3v) is 3.73. The van der Waals surface area contributed by atoms with Gasteiger partial charge >= 0.3 is 0 Å². The summed E-state index contributed by atoms with van der Waals surface area (Å²) in [5.41, 5.74) is 5.22. The first-order chi connectivity index (χ1) is 9.25. The average molecular weight is 363 g/mol. The predicted octanol–water partition coefficient (Wildman–Crippen LogP) is 3.02. The van der Waals surface area contributed by atoms with E-state index in [9.17, 15) is 4.79 Å². The molecule has 1 N–H and O–H groups in total. The number of hydrogen-bond donors (Lipinski definition) is 1. The van der Waals surface area contributed by atoms with E-state index in [0.717, 1.165) is 14.6 Å². The molecule has 0 spiro atoms. The van der Waals surface area contributed by atoms with Crippen LogP contribution >= 0.6 is 22.6 Å². The van der Waals surface area contributed by atoms with Crippen LogP contribution in [0.1, 0.15) is 10.4 Å². The Bertz CT molecular complexity index is 751. The molecule has 0 aliphatic rings. The van der Waals surface area contributed by atoms with Crippen molar-refractivity contribution in [1.82, 2.24) is 9.66 Å². The molecule has 1 aromatic heterocycles. The van der Waals surface area contributed by atoms with Crippen LogP contribution in [-0.2, 0) is 0 Å². The smallest absolute Gasteiger partial charge is 0.267 e. The molecule has 4 nitrogen and oxygen atoms in total. The summed E-state index contributed by atoms with van der Waals surface area (Å²) in [6.07, 6.45) is 1.61. The number of aromatic nitrogens is 2. The van der Waals surface area contributed by atoms with E-state index in [-0.39, 0.29) is 5.91 Å². The van der Waals surface area contributed by atoms with Gasteiger partial charge in [0.1, 0.15) is 6.33 Å². The lowest BCUT2D eigenvalue weighted by Crippen LogP contribution is -2.22. The van der Waals surface area contributed by atoms with Crippen molar-refractivity contribution in [3.8, 4) is 0 Å². The predicted molar refractivity (Wildman–Crippen MR) is 82.6 cm³/mol. The standard InChI is InChI=1S/C14H10IN3O/c15-11-6-2-1-5-10(11)14(19)17-18-9-16-12-7-3-4-8-13(12)18/h1-9H,(H,17,19). The molecule has 0 fully saturated rings. The van der Waals surface area contributed by atoms with Crippen LogP contribution in [0, 0.1) is 3.57 Å². The van der Waals surface area contributed by atoms with Crippen LogP contribution in [0.3, 0.4) is 0 Å². The molecule has 94 valence electrons. The van der Waals surface area contributed by atoms with E-state index >= 15 is 0 Å². The first kappa shape index (κ1) is 12.2. The molecule has 0 bridgehead atoms. The zero-order valence-electron chi connectivity index (χ0n) is 9.88. The molecule has 5 heteroatoms. The van der Waals surface area contributed by atoms with Gasteiger partial charge in [-0.05, 0) is 46.9 Å². The number of rotatable bonds is 2. The van der Waals surface area contributed by atoms with Gasteiger partial charge in [0.15, 0.2) is 0 Å². The summed E-state index contributed by atoms with van der Waals surface area (Å²) in [5, 5.41) is 0. The normalized spacial score (nSPS) is 10.6. The molecular formula is C14H10IN3O. The van der Waals surface area contributed by atoms with Gasteiger partial charge < -0.3 is 0 Å². The molecule has 2 aromatic carbocycles. The van der Waals surface area contributed by atoms with Crippen LogP contribution in [0.5, 0.6) is 0 Å². The molecule has 3 aromatic rings. The Labute approximate surface area is 123 Å². The molecule has 1 heterocycles. The number of carbonyl (C=O) groups is 1. The van der Waals surface area contributed by atoms with E-state index in [4.69, 9.17) is 0 Å². The van der Waals surface area contributed by atoms with Gasteiger partial charge in [-0.15, -0.1) is 0 Å². The molecule has 0 aliphatic heterocycles. The van der Waals surface area contributed by atoms with Crippen LogP contribution in [0.25, 0.3) is 11.0 Å². The SMILES string of the molecule is O=C(Nn1cnc2ccccc21)c1ccccc1I. The van der Waals surface area contributed by atoms with Crippen LogP contribution in [0.2, 0.25) is 0 Å². The number of para-hydroxylation sites is 2. The van der Waals surface area contributed by atoms with Crippen molar-refractivity contribution in [2.75, 3.05) is 5.43 Å². The minimum Gasteiger partial charge on any atom is -0.267 e. The van der Waals surface area contributed by atoms with Gasteiger partial charge in [-0.25, -0.2) is 9.66 Å². The molecule has 0 saturated heterocycles. The quantitative estimate of drug-likeness (QED) is 0.712. The Morgan fingerprint density at radius 1 is 1.11 bits per heavy atom. The first-order valence-electron chi connectivity index (χ1n) is 5.74. The van der Waals surface area contributed by atoms with E-state index in [2.05, 4.69) is 33.0 Å². The molecule has 0 aliphatic carbocycles. The molecular weight excluding hydrogens is 353 g/mol. The highest BCUT2D eigenvalue weighted by Gasteiger charge is 2.10. The van der Waals surface area contributed by atoms with Gasteiger partial charge in [0.2, 0.25) is 0 Å². The van der Waals surface area contributed by atoms with Crippen molar-refractivity contribution >= 4 is 39.5 Å². The second-order valence-electron chi connectivity index (χ2n) is 4.02. The minimum atomic E-state index is -0.145. The third kappa shape index (κ3) is 2.33. The van der Waals surface area contributed by atoms with Gasteiger partial charge in [-0.2, -0.15) is 0 Å². The summed E-state index contributed by atoms with van der Waals surface area (Å²) in [7, 11) is 0. The minimum absolute atomic E-state index is 0.145. The fourth-order valence-electron chi connectivity index (χ4n) is 1.86. The van der Waals surface area contributed by atoms with Gasteiger partial charge in [0.05, 0.1) is 16.6 Å². The third-order valence-electron chi connectivity index (χ3n) is 2.79. The number of fused-ring (bicyclic) bond motifs is 1. The largest absolute Gasteiger partial charge is 0.271 e. The lowest BCUT2D eigenvalue weighted by molar-refractivity contribution is 0.101. The number of nitrogens with zero attached hydrogens (tertiary/aromatic N) is 2. The number of carbonyl (C=O) groups excluding carboxylic acids is 1. The summed E-state index contributed by atoms with van der Waals surface area (Å²) >= 11 is 2.15.